The van der Waals surface area contributed by atoms with E-state index in [1.54, 1.807) is 6.07 Å². The molecule has 3 nitrogen and oxygen atoms in total. The summed E-state index contributed by atoms with van der Waals surface area (Å²) < 4.78 is 19.6. The van der Waals surface area contributed by atoms with Crippen molar-refractivity contribution in [2.75, 3.05) is 12.3 Å². The maximum Gasteiger partial charge on any atom is 0.153 e. The van der Waals surface area contributed by atoms with Gasteiger partial charge in [0.25, 0.3) is 0 Å². The van der Waals surface area contributed by atoms with Gasteiger partial charge in [-0.3, -0.25) is 0 Å². The first-order valence-corrected chi connectivity index (χ1v) is 6.81. The van der Waals surface area contributed by atoms with Gasteiger partial charge in [-0.2, -0.15) is 0 Å². The Morgan fingerprint density at radius 3 is 2.68 bits per heavy atom. The number of halogens is 2. The van der Waals surface area contributed by atoms with Crippen LogP contribution in [0.3, 0.4) is 0 Å². The molecule has 0 aliphatic rings. The lowest BCUT2D eigenvalue weighted by Crippen LogP contribution is -1.98. The summed E-state index contributed by atoms with van der Waals surface area (Å²) in [4.78, 5) is 0. The molecule has 0 saturated heterocycles. The normalized spacial score (nSPS) is 10.5. The lowest BCUT2D eigenvalue weighted by molar-refractivity contribution is 0.298. The van der Waals surface area contributed by atoms with Gasteiger partial charge in [0, 0.05) is 12.7 Å². The number of nitrogens with two attached hydrogens (primary N) is 1. The number of aliphatic hydroxyl groups excluding tert-OH is 1. The number of hydrogen-bond acceptors (Lipinski definition) is 3. The van der Waals surface area contributed by atoms with Crippen LogP contribution in [0.1, 0.15) is 5.56 Å². The summed E-state index contributed by atoms with van der Waals surface area (Å²) in [6.07, 6.45) is 0.475. The van der Waals surface area contributed by atoms with Gasteiger partial charge in [-0.05, 0) is 46.7 Å². The van der Waals surface area contributed by atoms with Gasteiger partial charge >= 0.3 is 0 Å². The van der Waals surface area contributed by atoms with E-state index >= 15 is 0 Å². The molecule has 0 aromatic heterocycles. The first-order valence-electron chi connectivity index (χ1n) is 5.73. The summed E-state index contributed by atoms with van der Waals surface area (Å²) in [6.45, 7) is 0.0247. The first-order chi connectivity index (χ1) is 9.11. The molecular weight excluding hydrogens is 360 g/mol. The number of para-hydroxylation sites is 1. The standard InChI is InChI=1S/C14H13FINO2/c15-10-7-14(12(17)8-11(10)16)19-13-4-2-1-3-9(13)5-6-18/h1-4,7-8,18H,5-6,17H2. The fourth-order valence-electron chi connectivity index (χ4n) is 1.68. The minimum absolute atomic E-state index is 0.0247. The molecule has 0 heterocycles. The molecule has 0 fully saturated rings. The lowest BCUT2D eigenvalue weighted by atomic mass is 10.1. The number of benzene rings is 2. The topological polar surface area (TPSA) is 55.5 Å². The highest BCUT2D eigenvalue weighted by Crippen LogP contribution is 2.32. The number of aliphatic hydroxyl groups is 1. The van der Waals surface area contributed by atoms with Crippen LogP contribution in [0.5, 0.6) is 11.5 Å². The summed E-state index contributed by atoms with van der Waals surface area (Å²) in [6, 6.07) is 10.1. The third kappa shape index (κ3) is 3.36. The highest BCUT2D eigenvalue weighted by Gasteiger charge is 2.10. The van der Waals surface area contributed by atoms with Crippen molar-refractivity contribution >= 4 is 28.3 Å². The van der Waals surface area contributed by atoms with Crippen LogP contribution in [-0.2, 0) is 6.42 Å². The predicted octanol–water partition coefficient (Wildman–Crippen LogP) is 3.34. The lowest BCUT2D eigenvalue weighted by Gasteiger charge is -2.12. The van der Waals surface area contributed by atoms with E-state index < -0.39 is 0 Å². The number of anilines is 1. The quantitative estimate of drug-likeness (QED) is 0.639. The summed E-state index contributed by atoms with van der Waals surface area (Å²) in [5.74, 6) is 0.483. The molecule has 0 radical (unpaired) electrons. The van der Waals surface area contributed by atoms with E-state index in [0.29, 0.717) is 21.4 Å². The van der Waals surface area contributed by atoms with E-state index in [2.05, 4.69) is 0 Å². The van der Waals surface area contributed by atoms with Gasteiger partial charge in [-0.1, -0.05) is 18.2 Å². The van der Waals surface area contributed by atoms with Crippen molar-refractivity contribution in [2.45, 2.75) is 6.42 Å². The molecule has 0 bridgehead atoms. The fourth-order valence-corrected chi connectivity index (χ4v) is 2.17. The fraction of sp³-hybridized carbons (Fsp3) is 0.143. The van der Waals surface area contributed by atoms with Gasteiger partial charge in [0.05, 0.1) is 9.26 Å². The second-order valence-corrected chi connectivity index (χ2v) is 5.15. The van der Waals surface area contributed by atoms with E-state index in [-0.39, 0.29) is 18.2 Å². The molecule has 2 aromatic rings. The second kappa shape index (κ2) is 6.21. The predicted molar refractivity (Wildman–Crippen MR) is 80.8 cm³/mol. The van der Waals surface area contributed by atoms with Crippen LogP contribution < -0.4 is 10.5 Å². The Bertz CT molecular complexity index is 590. The maximum absolute atomic E-state index is 13.5. The van der Waals surface area contributed by atoms with Gasteiger partial charge in [0.15, 0.2) is 5.75 Å². The molecule has 2 rings (SSSR count). The van der Waals surface area contributed by atoms with Crippen molar-refractivity contribution < 1.29 is 14.2 Å². The van der Waals surface area contributed by atoms with Crippen LogP contribution in [0.2, 0.25) is 0 Å². The Kier molecular flexibility index (Phi) is 4.60. The smallest absolute Gasteiger partial charge is 0.153 e. The highest BCUT2D eigenvalue weighted by molar-refractivity contribution is 14.1. The third-order valence-corrected chi connectivity index (χ3v) is 3.45. The summed E-state index contributed by atoms with van der Waals surface area (Å²) in [5.41, 5.74) is 7.05. The Morgan fingerprint density at radius 1 is 1.21 bits per heavy atom. The number of hydrogen-bond donors (Lipinski definition) is 2. The molecule has 0 unspecified atom stereocenters. The van der Waals surface area contributed by atoms with Crippen LogP contribution in [0, 0.1) is 9.39 Å². The molecule has 3 N–H and O–H groups in total. The zero-order chi connectivity index (χ0) is 13.8. The second-order valence-electron chi connectivity index (χ2n) is 3.99. The van der Waals surface area contributed by atoms with Crippen molar-refractivity contribution in [3.63, 3.8) is 0 Å². The summed E-state index contributed by atoms with van der Waals surface area (Å²) >= 11 is 1.87. The molecule has 19 heavy (non-hydrogen) atoms. The van der Waals surface area contributed by atoms with E-state index in [1.807, 2.05) is 40.8 Å². The molecule has 0 aliphatic carbocycles. The van der Waals surface area contributed by atoms with E-state index in [4.69, 9.17) is 15.6 Å². The Balaban J connectivity index is 2.33. The van der Waals surface area contributed by atoms with Crippen LogP contribution in [0.25, 0.3) is 0 Å². The van der Waals surface area contributed by atoms with Crippen LogP contribution >= 0.6 is 22.6 Å². The van der Waals surface area contributed by atoms with Crippen LogP contribution in [0.15, 0.2) is 36.4 Å². The molecule has 0 aliphatic heterocycles. The van der Waals surface area contributed by atoms with Gasteiger partial charge in [-0.15, -0.1) is 0 Å². The van der Waals surface area contributed by atoms with Crippen molar-refractivity contribution in [3.05, 3.63) is 51.3 Å². The highest BCUT2D eigenvalue weighted by atomic mass is 127. The van der Waals surface area contributed by atoms with Gasteiger partial charge < -0.3 is 15.6 Å². The number of nitrogen functional groups attached to an aromatic ring is 1. The minimum atomic E-state index is -0.371. The van der Waals surface area contributed by atoms with Gasteiger partial charge in [0.1, 0.15) is 11.6 Å². The molecule has 0 spiro atoms. The average Bonchev–Trinajstić information content (AvgIpc) is 2.38. The third-order valence-electron chi connectivity index (χ3n) is 2.63. The van der Waals surface area contributed by atoms with E-state index in [0.717, 1.165) is 5.56 Å². The van der Waals surface area contributed by atoms with E-state index in [9.17, 15) is 4.39 Å². The van der Waals surface area contributed by atoms with Crippen molar-refractivity contribution in [1.82, 2.24) is 0 Å². The van der Waals surface area contributed by atoms with Crippen LogP contribution in [-0.4, -0.2) is 11.7 Å². The maximum atomic E-state index is 13.5. The first kappa shape index (κ1) is 14.1. The van der Waals surface area contributed by atoms with E-state index in [1.165, 1.54) is 12.1 Å². The average molecular weight is 373 g/mol. The Labute approximate surface area is 124 Å². The molecule has 5 heteroatoms. The zero-order valence-electron chi connectivity index (χ0n) is 10.1. The summed E-state index contributed by atoms with van der Waals surface area (Å²) in [5, 5.41) is 9.00. The molecule has 0 atom stereocenters. The number of rotatable bonds is 4. The van der Waals surface area contributed by atoms with Gasteiger partial charge in [0.2, 0.25) is 0 Å². The zero-order valence-corrected chi connectivity index (χ0v) is 12.2. The van der Waals surface area contributed by atoms with Crippen molar-refractivity contribution in [3.8, 4) is 11.5 Å². The van der Waals surface area contributed by atoms with Crippen molar-refractivity contribution in [1.29, 1.82) is 0 Å². The Hall–Kier alpha value is -1.34. The number of ether oxygens (including phenoxy) is 1. The SMILES string of the molecule is Nc1cc(I)c(F)cc1Oc1ccccc1CCO. The molecule has 0 saturated carbocycles. The minimum Gasteiger partial charge on any atom is -0.455 e. The molecule has 0 amide bonds. The van der Waals surface area contributed by atoms with Crippen LogP contribution in [0.4, 0.5) is 10.1 Å². The Morgan fingerprint density at radius 2 is 1.95 bits per heavy atom. The largest absolute Gasteiger partial charge is 0.455 e. The molecular formula is C14H13FINO2. The summed E-state index contributed by atoms with van der Waals surface area (Å²) in [7, 11) is 0. The molecule has 100 valence electrons. The monoisotopic (exact) mass is 373 g/mol. The van der Waals surface area contributed by atoms with Gasteiger partial charge in [-0.25, -0.2) is 4.39 Å². The molecule has 2 aromatic carbocycles. The van der Waals surface area contributed by atoms with Crippen molar-refractivity contribution in [2.24, 2.45) is 0 Å².